The first-order valence-corrected chi connectivity index (χ1v) is 9.45. The van der Waals surface area contributed by atoms with E-state index in [0.29, 0.717) is 11.6 Å². The summed E-state index contributed by atoms with van der Waals surface area (Å²) in [5, 5.41) is 0.679. The van der Waals surface area contributed by atoms with E-state index in [2.05, 4.69) is 20.8 Å². The van der Waals surface area contributed by atoms with E-state index in [1.165, 1.54) is 0 Å². The highest BCUT2D eigenvalue weighted by Crippen LogP contribution is 2.27. The first kappa shape index (κ1) is 18.2. The molecule has 1 aliphatic rings. The van der Waals surface area contributed by atoms with Gasteiger partial charge in [-0.05, 0) is 46.3 Å². The van der Waals surface area contributed by atoms with Crippen LogP contribution in [0.2, 0.25) is 5.02 Å². The van der Waals surface area contributed by atoms with Gasteiger partial charge in [0, 0.05) is 43.3 Å². The number of nitrogens with zero attached hydrogens (tertiary/aromatic N) is 2. The Kier molecular flexibility index (Phi) is 6.34. The summed E-state index contributed by atoms with van der Waals surface area (Å²) in [5.41, 5.74) is 0.756. The smallest absolute Gasteiger partial charge is 0.253 e. The van der Waals surface area contributed by atoms with Crippen LogP contribution in [0.5, 0.6) is 5.75 Å². The maximum absolute atomic E-state index is 12.4. The van der Waals surface area contributed by atoms with Crippen molar-refractivity contribution >= 4 is 33.4 Å². The number of piperazine rings is 1. The highest BCUT2D eigenvalue weighted by atomic mass is 79.9. The van der Waals surface area contributed by atoms with Crippen molar-refractivity contribution in [2.24, 2.45) is 0 Å². The molecule has 0 saturated carbocycles. The molecule has 1 aliphatic heterocycles. The number of benzene rings is 2. The van der Waals surface area contributed by atoms with Crippen LogP contribution >= 0.6 is 27.5 Å². The number of carbonyl (C=O) groups is 1. The monoisotopic (exact) mass is 422 g/mol. The van der Waals surface area contributed by atoms with Crippen molar-refractivity contribution in [3.05, 3.63) is 63.6 Å². The van der Waals surface area contributed by atoms with Crippen LogP contribution in [0.15, 0.2) is 53.0 Å². The molecule has 0 aliphatic carbocycles. The number of amides is 1. The molecule has 0 radical (unpaired) electrons. The Morgan fingerprint density at radius 3 is 2.48 bits per heavy atom. The molecule has 1 fully saturated rings. The Morgan fingerprint density at radius 2 is 1.80 bits per heavy atom. The Hall–Kier alpha value is -1.56. The van der Waals surface area contributed by atoms with Gasteiger partial charge in [0.05, 0.1) is 4.47 Å². The summed E-state index contributed by atoms with van der Waals surface area (Å²) in [6.07, 6.45) is 0. The van der Waals surface area contributed by atoms with Crippen LogP contribution in [0.1, 0.15) is 10.4 Å². The molecule has 2 aromatic rings. The van der Waals surface area contributed by atoms with E-state index in [1.807, 2.05) is 53.4 Å². The van der Waals surface area contributed by atoms with Crippen LogP contribution in [-0.4, -0.2) is 55.0 Å². The average molecular weight is 424 g/mol. The van der Waals surface area contributed by atoms with Crippen LogP contribution in [0.25, 0.3) is 0 Å². The van der Waals surface area contributed by atoms with E-state index in [4.69, 9.17) is 16.3 Å². The molecule has 6 heteroatoms. The van der Waals surface area contributed by atoms with Gasteiger partial charge in [0.15, 0.2) is 0 Å². The summed E-state index contributed by atoms with van der Waals surface area (Å²) >= 11 is 9.38. The van der Waals surface area contributed by atoms with Crippen LogP contribution < -0.4 is 4.74 Å². The molecule has 1 saturated heterocycles. The van der Waals surface area contributed by atoms with Crippen LogP contribution in [-0.2, 0) is 0 Å². The van der Waals surface area contributed by atoms with Crippen molar-refractivity contribution in [2.45, 2.75) is 0 Å². The number of hydrogen-bond acceptors (Lipinski definition) is 3. The lowest BCUT2D eigenvalue weighted by Gasteiger charge is -2.34. The van der Waals surface area contributed by atoms with Gasteiger partial charge in [-0.1, -0.05) is 29.8 Å². The Balaban J connectivity index is 1.43. The van der Waals surface area contributed by atoms with E-state index in [1.54, 1.807) is 0 Å². The minimum atomic E-state index is 0.113. The Labute approximate surface area is 161 Å². The molecule has 1 heterocycles. The molecule has 25 heavy (non-hydrogen) atoms. The standard InChI is InChI=1S/C19H20BrClN2O2/c20-17-14-16(21)6-7-18(17)25-13-12-22-8-10-23(11-9-22)19(24)15-4-2-1-3-5-15/h1-7,14H,8-13H2. The quantitative estimate of drug-likeness (QED) is 0.730. The molecule has 0 spiro atoms. The predicted octanol–water partition coefficient (Wildman–Crippen LogP) is 3.94. The Bertz CT molecular complexity index is 719. The molecular formula is C19H20BrClN2O2. The number of hydrogen-bond donors (Lipinski definition) is 0. The third-order valence-electron chi connectivity index (χ3n) is 4.24. The second kappa shape index (κ2) is 8.70. The Morgan fingerprint density at radius 1 is 1.08 bits per heavy atom. The number of rotatable bonds is 5. The van der Waals surface area contributed by atoms with Crippen molar-refractivity contribution in [1.82, 2.24) is 9.80 Å². The summed E-state index contributed by atoms with van der Waals surface area (Å²) in [5.74, 6) is 0.906. The fourth-order valence-corrected chi connectivity index (χ4v) is 3.61. The van der Waals surface area contributed by atoms with Gasteiger partial charge in [0.2, 0.25) is 0 Å². The predicted molar refractivity (Wildman–Crippen MR) is 103 cm³/mol. The van der Waals surface area contributed by atoms with Gasteiger partial charge in [0.25, 0.3) is 5.91 Å². The molecule has 0 bridgehead atoms. The highest BCUT2D eigenvalue weighted by Gasteiger charge is 2.21. The summed E-state index contributed by atoms with van der Waals surface area (Å²) in [4.78, 5) is 16.7. The third kappa shape index (κ3) is 4.97. The first-order chi connectivity index (χ1) is 12.1. The lowest BCUT2D eigenvalue weighted by molar-refractivity contribution is 0.0620. The maximum atomic E-state index is 12.4. The molecule has 0 N–H and O–H groups in total. The SMILES string of the molecule is O=C(c1ccccc1)N1CCN(CCOc2ccc(Cl)cc2Br)CC1. The van der Waals surface area contributed by atoms with Gasteiger partial charge in [-0.15, -0.1) is 0 Å². The van der Waals surface area contributed by atoms with Crippen LogP contribution in [0.4, 0.5) is 0 Å². The van der Waals surface area contributed by atoms with Crippen LogP contribution in [0.3, 0.4) is 0 Å². The molecule has 132 valence electrons. The molecular weight excluding hydrogens is 404 g/mol. The molecule has 0 unspecified atom stereocenters. The second-order valence-electron chi connectivity index (χ2n) is 5.92. The summed E-state index contributed by atoms with van der Waals surface area (Å²) in [6.45, 7) is 4.67. The van der Waals surface area contributed by atoms with Gasteiger partial charge in [-0.3, -0.25) is 9.69 Å². The minimum absolute atomic E-state index is 0.113. The van der Waals surface area contributed by atoms with E-state index in [-0.39, 0.29) is 5.91 Å². The van der Waals surface area contributed by atoms with E-state index in [0.717, 1.165) is 48.5 Å². The van der Waals surface area contributed by atoms with Gasteiger partial charge in [-0.2, -0.15) is 0 Å². The van der Waals surface area contributed by atoms with Gasteiger partial charge < -0.3 is 9.64 Å². The third-order valence-corrected chi connectivity index (χ3v) is 5.09. The molecule has 0 aromatic heterocycles. The average Bonchev–Trinajstić information content (AvgIpc) is 2.64. The van der Waals surface area contributed by atoms with Gasteiger partial charge in [0.1, 0.15) is 12.4 Å². The first-order valence-electron chi connectivity index (χ1n) is 8.28. The van der Waals surface area contributed by atoms with E-state index < -0.39 is 0 Å². The normalized spacial score (nSPS) is 15.2. The van der Waals surface area contributed by atoms with Crippen LogP contribution in [0, 0.1) is 0 Å². The fraction of sp³-hybridized carbons (Fsp3) is 0.316. The van der Waals surface area contributed by atoms with Crippen molar-refractivity contribution in [3.8, 4) is 5.75 Å². The lowest BCUT2D eigenvalue weighted by atomic mass is 10.2. The maximum Gasteiger partial charge on any atom is 0.253 e. The molecule has 2 aromatic carbocycles. The van der Waals surface area contributed by atoms with Crippen molar-refractivity contribution < 1.29 is 9.53 Å². The van der Waals surface area contributed by atoms with Crippen molar-refractivity contribution in [2.75, 3.05) is 39.3 Å². The summed E-state index contributed by atoms with van der Waals surface area (Å²) in [6, 6.07) is 15.0. The zero-order chi connectivity index (χ0) is 17.6. The zero-order valence-electron chi connectivity index (χ0n) is 13.8. The molecule has 1 amide bonds. The lowest BCUT2D eigenvalue weighted by Crippen LogP contribution is -2.49. The molecule has 0 atom stereocenters. The van der Waals surface area contributed by atoms with E-state index in [9.17, 15) is 4.79 Å². The largest absolute Gasteiger partial charge is 0.491 e. The number of halogens is 2. The number of carbonyl (C=O) groups excluding carboxylic acids is 1. The van der Waals surface area contributed by atoms with Gasteiger partial charge in [-0.25, -0.2) is 0 Å². The minimum Gasteiger partial charge on any atom is -0.491 e. The summed E-state index contributed by atoms with van der Waals surface area (Å²) < 4.78 is 6.67. The topological polar surface area (TPSA) is 32.8 Å². The molecule has 3 rings (SSSR count). The van der Waals surface area contributed by atoms with Crippen molar-refractivity contribution in [3.63, 3.8) is 0 Å². The zero-order valence-corrected chi connectivity index (χ0v) is 16.2. The summed E-state index contributed by atoms with van der Waals surface area (Å²) in [7, 11) is 0. The van der Waals surface area contributed by atoms with Gasteiger partial charge >= 0.3 is 0 Å². The van der Waals surface area contributed by atoms with Crippen molar-refractivity contribution in [1.29, 1.82) is 0 Å². The second-order valence-corrected chi connectivity index (χ2v) is 7.21. The number of ether oxygens (including phenoxy) is 1. The van der Waals surface area contributed by atoms with E-state index >= 15 is 0 Å². The fourth-order valence-electron chi connectivity index (χ4n) is 2.81. The molecule has 4 nitrogen and oxygen atoms in total. The highest BCUT2D eigenvalue weighted by molar-refractivity contribution is 9.10.